The highest BCUT2D eigenvalue weighted by molar-refractivity contribution is 5.96. The van der Waals surface area contributed by atoms with Crippen LogP contribution in [-0.4, -0.2) is 24.4 Å². The van der Waals surface area contributed by atoms with Crippen LogP contribution in [0.25, 0.3) is 27.5 Å². The Morgan fingerprint density at radius 3 is 2.73 bits per heavy atom. The van der Waals surface area contributed by atoms with Crippen molar-refractivity contribution in [3.63, 3.8) is 0 Å². The predicted octanol–water partition coefficient (Wildman–Crippen LogP) is 2.19. The maximum atomic E-state index is 11.7. The first kappa shape index (κ1) is 12.8. The van der Waals surface area contributed by atoms with E-state index >= 15 is 0 Å². The Balaban J connectivity index is 2.08. The lowest BCUT2D eigenvalue weighted by Crippen LogP contribution is -2.08. The van der Waals surface area contributed by atoms with Gasteiger partial charge >= 0.3 is 5.69 Å². The number of nitrogens with zero attached hydrogens (tertiary/aromatic N) is 4. The van der Waals surface area contributed by atoms with Crippen LogP contribution < -0.4 is 5.69 Å². The Morgan fingerprint density at radius 1 is 1.18 bits per heavy atom. The van der Waals surface area contributed by atoms with E-state index in [2.05, 4.69) is 40.4 Å². The van der Waals surface area contributed by atoms with E-state index in [1.165, 1.54) is 4.40 Å². The topological polar surface area (TPSA) is 68.0 Å². The van der Waals surface area contributed by atoms with Crippen molar-refractivity contribution in [3.05, 3.63) is 52.3 Å². The Morgan fingerprint density at radius 2 is 2.00 bits per heavy atom. The van der Waals surface area contributed by atoms with Gasteiger partial charge in [0.05, 0.1) is 5.69 Å². The van der Waals surface area contributed by atoms with E-state index in [4.69, 9.17) is 0 Å². The molecule has 1 aromatic carbocycles. The fraction of sp³-hybridized carbons (Fsp3) is 0.188. The number of fused-ring (bicyclic) bond motifs is 3. The third-order valence-electron chi connectivity index (χ3n) is 4.20. The molecule has 4 rings (SSSR count). The van der Waals surface area contributed by atoms with Gasteiger partial charge in [0.25, 0.3) is 0 Å². The summed E-state index contributed by atoms with van der Waals surface area (Å²) < 4.78 is 3.41. The van der Waals surface area contributed by atoms with Gasteiger partial charge in [-0.3, -0.25) is 4.68 Å². The van der Waals surface area contributed by atoms with E-state index in [0.717, 1.165) is 33.3 Å². The number of aryl methyl sites for hydroxylation is 2. The maximum absolute atomic E-state index is 11.7. The molecule has 0 radical (unpaired) electrons. The SMILES string of the molecule is Cc1nn(C)c(C)c1-c1ccc2ccn3c(=O)[nH]nc3c2c1. The Kier molecular flexibility index (Phi) is 2.51. The molecule has 0 saturated heterocycles. The minimum absolute atomic E-state index is 0.226. The molecule has 0 atom stereocenters. The first-order chi connectivity index (χ1) is 10.6. The molecule has 0 amide bonds. The molecule has 0 unspecified atom stereocenters. The van der Waals surface area contributed by atoms with Gasteiger partial charge in [-0.15, -0.1) is 0 Å². The van der Waals surface area contributed by atoms with Crippen LogP contribution in [0.5, 0.6) is 0 Å². The Labute approximate surface area is 126 Å². The van der Waals surface area contributed by atoms with E-state index in [1.807, 2.05) is 24.7 Å². The summed E-state index contributed by atoms with van der Waals surface area (Å²) in [5.41, 5.74) is 4.73. The first-order valence-corrected chi connectivity index (χ1v) is 7.06. The Hall–Kier alpha value is -2.89. The highest BCUT2D eigenvalue weighted by Crippen LogP contribution is 2.30. The molecule has 4 aromatic rings. The molecule has 0 aliphatic carbocycles. The summed E-state index contributed by atoms with van der Waals surface area (Å²) in [6.07, 6.45) is 1.74. The normalized spacial score (nSPS) is 11.6. The van der Waals surface area contributed by atoms with Gasteiger partial charge in [0, 0.05) is 29.9 Å². The fourth-order valence-corrected chi connectivity index (χ4v) is 3.03. The molecular weight excluding hydrogens is 278 g/mol. The van der Waals surface area contributed by atoms with Crippen molar-refractivity contribution in [3.8, 4) is 11.1 Å². The van der Waals surface area contributed by atoms with Crippen molar-refractivity contribution < 1.29 is 0 Å². The standard InChI is InChI=1S/C16H15N5O/c1-9-14(10(2)20(3)19-9)12-5-4-11-6-7-21-15(13(11)8-12)17-18-16(21)22/h4-8H,1-3H3,(H,18,22). The minimum Gasteiger partial charge on any atom is -0.272 e. The average molecular weight is 293 g/mol. The van der Waals surface area contributed by atoms with E-state index in [0.29, 0.717) is 5.65 Å². The van der Waals surface area contributed by atoms with Gasteiger partial charge in [-0.25, -0.2) is 14.3 Å². The molecule has 22 heavy (non-hydrogen) atoms. The summed E-state index contributed by atoms with van der Waals surface area (Å²) in [5, 5.41) is 13.1. The number of aromatic amines is 1. The number of hydrogen-bond donors (Lipinski definition) is 1. The van der Waals surface area contributed by atoms with Crippen molar-refractivity contribution in [1.29, 1.82) is 0 Å². The lowest BCUT2D eigenvalue weighted by Gasteiger charge is -2.05. The molecule has 0 fully saturated rings. The molecule has 110 valence electrons. The minimum atomic E-state index is -0.226. The van der Waals surface area contributed by atoms with Crippen LogP contribution >= 0.6 is 0 Å². The fourth-order valence-electron chi connectivity index (χ4n) is 3.03. The molecule has 3 heterocycles. The highest BCUT2D eigenvalue weighted by atomic mass is 16.1. The number of H-pyrrole nitrogens is 1. The second-order valence-electron chi connectivity index (χ2n) is 5.51. The third-order valence-corrected chi connectivity index (χ3v) is 4.20. The quantitative estimate of drug-likeness (QED) is 0.585. The van der Waals surface area contributed by atoms with Crippen LogP contribution in [0, 0.1) is 13.8 Å². The number of aromatic nitrogens is 5. The van der Waals surface area contributed by atoms with Gasteiger partial charge in [0.15, 0.2) is 5.65 Å². The molecule has 0 aliphatic rings. The van der Waals surface area contributed by atoms with Crippen LogP contribution in [0.4, 0.5) is 0 Å². The van der Waals surface area contributed by atoms with E-state index < -0.39 is 0 Å². The maximum Gasteiger partial charge on any atom is 0.347 e. The average Bonchev–Trinajstić information content (AvgIpc) is 3.00. The monoisotopic (exact) mass is 293 g/mol. The number of hydrogen-bond acceptors (Lipinski definition) is 3. The van der Waals surface area contributed by atoms with E-state index in [-0.39, 0.29) is 5.69 Å². The zero-order chi connectivity index (χ0) is 15.4. The molecule has 0 saturated carbocycles. The van der Waals surface area contributed by atoms with Crippen molar-refractivity contribution >= 4 is 16.4 Å². The smallest absolute Gasteiger partial charge is 0.272 e. The summed E-state index contributed by atoms with van der Waals surface area (Å²) in [6, 6.07) is 8.13. The van der Waals surface area contributed by atoms with Crippen LogP contribution in [-0.2, 0) is 7.05 Å². The summed E-state index contributed by atoms with van der Waals surface area (Å²) >= 11 is 0. The summed E-state index contributed by atoms with van der Waals surface area (Å²) in [5.74, 6) is 0. The van der Waals surface area contributed by atoms with Crippen molar-refractivity contribution in [1.82, 2.24) is 24.4 Å². The highest BCUT2D eigenvalue weighted by Gasteiger charge is 2.13. The van der Waals surface area contributed by atoms with Crippen LogP contribution in [0.1, 0.15) is 11.4 Å². The van der Waals surface area contributed by atoms with Gasteiger partial charge < -0.3 is 0 Å². The second-order valence-corrected chi connectivity index (χ2v) is 5.51. The molecule has 1 N–H and O–H groups in total. The van der Waals surface area contributed by atoms with Crippen molar-refractivity contribution in [2.24, 2.45) is 7.05 Å². The van der Waals surface area contributed by atoms with Crippen LogP contribution in [0.3, 0.4) is 0 Å². The first-order valence-electron chi connectivity index (χ1n) is 7.06. The number of rotatable bonds is 1. The number of benzene rings is 1. The number of nitrogens with one attached hydrogen (secondary N) is 1. The summed E-state index contributed by atoms with van der Waals surface area (Å²) in [7, 11) is 1.94. The number of pyridine rings is 1. The van der Waals surface area contributed by atoms with Gasteiger partial charge in [0.2, 0.25) is 0 Å². The van der Waals surface area contributed by atoms with Crippen LogP contribution in [0.2, 0.25) is 0 Å². The van der Waals surface area contributed by atoms with E-state index in [1.54, 1.807) is 6.20 Å². The lowest BCUT2D eigenvalue weighted by atomic mass is 10.0. The van der Waals surface area contributed by atoms with Gasteiger partial charge in [-0.1, -0.05) is 12.1 Å². The largest absolute Gasteiger partial charge is 0.347 e. The molecule has 6 heteroatoms. The zero-order valence-corrected chi connectivity index (χ0v) is 12.6. The van der Waals surface area contributed by atoms with E-state index in [9.17, 15) is 4.79 Å². The molecular formula is C16H15N5O. The summed E-state index contributed by atoms with van der Waals surface area (Å²) in [4.78, 5) is 11.7. The third kappa shape index (κ3) is 1.64. The molecule has 0 aliphatic heterocycles. The van der Waals surface area contributed by atoms with Crippen molar-refractivity contribution in [2.45, 2.75) is 13.8 Å². The van der Waals surface area contributed by atoms with Gasteiger partial charge in [0.1, 0.15) is 0 Å². The van der Waals surface area contributed by atoms with Crippen molar-refractivity contribution in [2.75, 3.05) is 0 Å². The summed E-state index contributed by atoms with van der Waals surface area (Å²) in [6.45, 7) is 4.06. The molecule has 0 spiro atoms. The molecule has 3 aromatic heterocycles. The Bertz CT molecular complexity index is 1080. The molecule has 6 nitrogen and oxygen atoms in total. The second kappa shape index (κ2) is 4.30. The zero-order valence-electron chi connectivity index (χ0n) is 12.6. The predicted molar refractivity (Wildman–Crippen MR) is 85.0 cm³/mol. The lowest BCUT2D eigenvalue weighted by molar-refractivity contribution is 0.731. The van der Waals surface area contributed by atoms with Gasteiger partial charge in [-0.2, -0.15) is 10.2 Å². The van der Waals surface area contributed by atoms with Crippen LogP contribution in [0.15, 0.2) is 35.3 Å². The van der Waals surface area contributed by atoms with Gasteiger partial charge in [-0.05, 0) is 36.9 Å². The molecule has 0 bridgehead atoms.